The minimum absolute atomic E-state index is 0.123. The molecule has 1 saturated heterocycles. The van der Waals surface area contributed by atoms with E-state index in [4.69, 9.17) is 20.8 Å². The number of carbonyl (C=O) groups is 2. The molecule has 1 aliphatic heterocycles. The number of rotatable bonds is 4. The summed E-state index contributed by atoms with van der Waals surface area (Å²) in [5.41, 5.74) is 0.804. The van der Waals surface area contributed by atoms with Gasteiger partial charge in [-0.25, -0.2) is 4.79 Å². The number of hydrogen-bond donors (Lipinski definition) is 0. The van der Waals surface area contributed by atoms with Crippen LogP contribution in [-0.4, -0.2) is 28.6 Å². The molecule has 0 N–H and O–H groups in total. The van der Waals surface area contributed by atoms with E-state index in [9.17, 15) is 9.59 Å². The molecule has 2 atom stereocenters. The highest BCUT2D eigenvalue weighted by Crippen LogP contribution is 2.41. The lowest BCUT2D eigenvalue weighted by Gasteiger charge is -2.25. The summed E-state index contributed by atoms with van der Waals surface area (Å²) in [6.45, 7) is 1.57. The number of hydrogen-bond acceptors (Lipinski definition) is 5. The molecule has 24 heavy (non-hydrogen) atoms. The third-order valence-electron chi connectivity index (χ3n) is 3.69. The Morgan fingerprint density at radius 3 is 2.88 bits per heavy atom. The monoisotopic (exact) mass is 365 g/mol. The topological polar surface area (TPSA) is 59.8 Å². The van der Waals surface area contributed by atoms with Gasteiger partial charge in [0.15, 0.2) is 0 Å². The van der Waals surface area contributed by atoms with Crippen LogP contribution >= 0.6 is 23.4 Å². The zero-order chi connectivity index (χ0) is 17.1. The van der Waals surface area contributed by atoms with Crippen molar-refractivity contribution in [2.24, 2.45) is 0 Å². The Balaban J connectivity index is 1.68. The molecule has 0 aliphatic carbocycles. The van der Waals surface area contributed by atoms with Gasteiger partial charge in [0.05, 0.1) is 6.26 Å². The lowest BCUT2D eigenvalue weighted by Crippen LogP contribution is -2.42. The number of thioether (sulfide) groups is 1. The van der Waals surface area contributed by atoms with Crippen LogP contribution in [0.25, 0.3) is 0 Å². The van der Waals surface area contributed by atoms with Crippen molar-refractivity contribution in [3.8, 4) is 0 Å². The van der Waals surface area contributed by atoms with Gasteiger partial charge in [0.2, 0.25) is 5.91 Å². The van der Waals surface area contributed by atoms with Crippen molar-refractivity contribution in [1.29, 1.82) is 0 Å². The predicted molar refractivity (Wildman–Crippen MR) is 91.5 cm³/mol. The number of benzene rings is 1. The summed E-state index contributed by atoms with van der Waals surface area (Å²) < 4.78 is 10.8. The number of nitrogens with zero attached hydrogens (tertiary/aromatic N) is 1. The fraction of sp³-hybridized carbons (Fsp3) is 0.294. The zero-order valence-corrected chi connectivity index (χ0v) is 14.5. The number of carbonyl (C=O) groups excluding carboxylic acids is 2. The molecule has 2 aromatic rings. The van der Waals surface area contributed by atoms with E-state index in [1.807, 2.05) is 6.07 Å². The Morgan fingerprint density at radius 2 is 2.21 bits per heavy atom. The molecule has 126 valence electrons. The van der Waals surface area contributed by atoms with E-state index in [-0.39, 0.29) is 17.9 Å². The Labute approximate surface area is 148 Å². The van der Waals surface area contributed by atoms with Crippen LogP contribution in [0, 0.1) is 0 Å². The van der Waals surface area contributed by atoms with Gasteiger partial charge in [-0.3, -0.25) is 4.79 Å². The minimum Gasteiger partial charge on any atom is -0.466 e. The summed E-state index contributed by atoms with van der Waals surface area (Å²) in [4.78, 5) is 26.0. The van der Waals surface area contributed by atoms with Gasteiger partial charge in [-0.15, -0.1) is 11.8 Å². The van der Waals surface area contributed by atoms with Crippen LogP contribution < -0.4 is 0 Å². The van der Waals surface area contributed by atoms with Crippen LogP contribution in [0.15, 0.2) is 47.1 Å². The van der Waals surface area contributed by atoms with Crippen LogP contribution in [-0.2, 0) is 20.9 Å². The normalized spacial score (nSPS) is 20.2. The molecular weight excluding hydrogens is 350 g/mol. The van der Waals surface area contributed by atoms with Crippen LogP contribution in [0.2, 0.25) is 5.02 Å². The number of furan rings is 1. The number of amides is 1. The fourth-order valence-electron chi connectivity index (χ4n) is 2.60. The molecule has 5 nitrogen and oxygen atoms in total. The molecule has 0 radical (unpaired) electrons. The van der Waals surface area contributed by atoms with Gasteiger partial charge < -0.3 is 14.1 Å². The number of ether oxygens (including phenoxy) is 1. The highest BCUT2D eigenvalue weighted by Gasteiger charge is 2.43. The molecule has 2 heterocycles. The van der Waals surface area contributed by atoms with Gasteiger partial charge in [0, 0.05) is 17.7 Å². The number of halogens is 1. The van der Waals surface area contributed by atoms with Crippen molar-refractivity contribution < 1.29 is 18.7 Å². The second-order valence-electron chi connectivity index (χ2n) is 5.38. The van der Waals surface area contributed by atoms with Gasteiger partial charge >= 0.3 is 5.97 Å². The van der Waals surface area contributed by atoms with Gasteiger partial charge in [0.1, 0.15) is 23.8 Å². The second kappa shape index (κ2) is 7.32. The molecule has 1 aliphatic rings. The first-order valence-corrected chi connectivity index (χ1v) is 8.84. The van der Waals surface area contributed by atoms with Crippen LogP contribution in [0.3, 0.4) is 0 Å². The largest absolute Gasteiger partial charge is 0.466 e. The van der Waals surface area contributed by atoms with Crippen molar-refractivity contribution in [1.82, 2.24) is 4.90 Å². The molecule has 1 fully saturated rings. The lowest BCUT2D eigenvalue weighted by atomic mass is 10.2. The standard InChI is InChI=1S/C17H16ClNO4S/c1-11(20)19-14(10-24-16(19)15-6-3-7-22-15)17(21)23-9-12-4-2-5-13(18)8-12/h2-8,14,16H,9-10H2,1H3/t14-,16+/m1/s1. The zero-order valence-electron chi connectivity index (χ0n) is 13.0. The third kappa shape index (κ3) is 3.60. The first-order chi connectivity index (χ1) is 11.6. The summed E-state index contributed by atoms with van der Waals surface area (Å²) in [6, 6.07) is 10.1. The van der Waals surface area contributed by atoms with Gasteiger partial charge in [-0.2, -0.15) is 0 Å². The molecule has 3 rings (SSSR count). The van der Waals surface area contributed by atoms with Gasteiger partial charge in [-0.05, 0) is 29.8 Å². The SMILES string of the molecule is CC(=O)N1[C@@H](C(=O)OCc2cccc(Cl)c2)CS[C@H]1c1ccco1. The maximum atomic E-state index is 12.4. The summed E-state index contributed by atoms with van der Waals surface area (Å²) in [6.07, 6.45) is 1.55. The fourth-order valence-corrected chi connectivity index (χ4v) is 4.23. The van der Waals surface area contributed by atoms with E-state index >= 15 is 0 Å². The summed E-state index contributed by atoms with van der Waals surface area (Å²) >= 11 is 7.41. The Bertz CT molecular complexity index is 734. The lowest BCUT2D eigenvalue weighted by molar-refractivity contribution is -0.154. The van der Waals surface area contributed by atoms with E-state index in [0.717, 1.165) is 5.56 Å². The van der Waals surface area contributed by atoms with E-state index in [2.05, 4.69) is 0 Å². The predicted octanol–water partition coefficient (Wildman–Crippen LogP) is 3.64. The van der Waals surface area contributed by atoms with E-state index < -0.39 is 12.0 Å². The Hall–Kier alpha value is -1.92. The van der Waals surface area contributed by atoms with Crippen molar-refractivity contribution in [3.63, 3.8) is 0 Å². The molecule has 1 amide bonds. The second-order valence-corrected chi connectivity index (χ2v) is 6.93. The summed E-state index contributed by atoms with van der Waals surface area (Å²) in [7, 11) is 0. The minimum atomic E-state index is -0.623. The van der Waals surface area contributed by atoms with Crippen LogP contribution in [0.1, 0.15) is 23.6 Å². The molecular formula is C17H16ClNO4S. The van der Waals surface area contributed by atoms with Gasteiger partial charge in [0.25, 0.3) is 0 Å². The Morgan fingerprint density at radius 1 is 1.38 bits per heavy atom. The van der Waals surface area contributed by atoms with Crippen LogP contribution in [0.5, 0.6) is 0 Å². The van der Waals surface area contributed by atoms with Gasteiger partial charge in [-0.1, -0.05) is 23.7 Å². The third-order valence-corrected chi connectivity index (χ3v) is 5.21. The quantitative estimate of drug-likeness (QED) is 0.774. The van der Waals surface area contributed by atoms with E-state index in [1.165, 1.54) is 23.6 Å². The highest BCUT2D eigenvalue weighted by atomic mass is 35.5. The average Bonchev–Trinajstić information content (AvgIpc) is 3.21. The maximum absolute atomic E-state index is 12.4. The molecule has 0 saturated carbocycles. The molecule has 0 bridgehead atoms. The van der Waals surface area contributed by atoms with Crippen molar-refractivity contribution >= 4 is 35.2 Å². The van der Waals surface area contributed by atoms with Crippen molar-refractivity contribution in [2.45, 2.75) is 24.9 Å². The van der Waals surface area contributed by atoms with Crippen molar-refractivity contribution in [3.05, 3.63) is 59.0 Å². The van der Waals surface area contributed by atoms with E-state index in [1.54, 1.807) is 36.6 Å². The smallest absolute Gasteiger partial charge is 0.330 e. The average molecular weight is 366 g/mol. The first-order valence-electron chi connectivity index (χ1n) is 7.41. The van der Waals surface area contributed by atoms with Crippen molar-refractivity contribution in [2.75, 3.05) is 5.75 Å². The van der Waals surface area contributed by atoms with E-state index in [0.29, 0.717) is 16.5 Å². The molecule has 7 heteroatoms. The summed E-state index contributed by atoms with van der Waals surface area (Å²) in [5.74, 6) is 0.512. The first kappa shape index (κ1) is 16.9. The maximum Gasteiger partial charge on any atom is 0.330 e. The highest BCUT2D eigenvalue weighted by molar-refractivity contribution is 7.99. The van der Waals surface area contributed by atoms with Crippen LogP contribution in [0.4, 0.5) is 0 Å². The molecule has 0 unspecified atom stereocenters. The Kier molecular flexibility index (Phi) is 5.16. The number of esters is 1. The molecule has 1 aromatic heterocycles. The molecule has 0 spiro atoms. The summed E-state index contributed by atoms with van der Waals surface area (Å²) in [5, 5.41) is 0.282. The molecule has 1 aromatic carbocycles.